The van der Waals surface area contributed by atoms with Crippen molar-refractivity contribution in [2.24, 2.45) is 7.05 Å². The maximum Gasteiger partial charge on any atom is 0.145 e. The molecule has 1 unspecified atom stereocenters. The van der Waals surface area contributed by atoms with Gasteiger partial charge in [0.15, 0.2) is 0 Å². The van der Waals surface area contributed by atoms with Crippen molar-refractivity contribution in [1.82, 2.24) is 9.78 Å². The van der Waals surface area contributed by atoms with Gasteiger partial charge in [-0.2, -0.15) is 5.10 Å². The minimum absolute atomic E-state index is 0.0363. The van der Waals surface area contributed by atoms with Crippen LogP contribution in [0.2, 0.25) is 0 Å². The number of aryl methyl sites for hydroxylation is 1. The van der Waals surface area contributed by atoms with E-state index in [9.17, 15) is 4.79 Å². The number of rotatable bonds is 4. The average Bonchev–Trinajstić information content (AvgIpc) is 2.49. The normalized spacial score (nSPS) is 12.8. The third-order valence-electron chi connectivity index (χ3n) is 1.80. The van der Waals surface area contributed by atoms with Gasteiger partial charge in [-0.15, -0.1) is 11.8 Å². The van der Waals surface area contributed by atoms with E-state index in [0.29, 0.717) is 6.42 Å². The zero-order chi connectivity index (χ0) is 9.84. The Balaban J connectivity index is 2.54. The van der Waals surface area contributed by atoms with Crippen molar-refractivity contribution >= 4 is 17.5 Å². The summed E-state index contributed by atoms with van der Waals surface area (Å²) in [6, 6.07) is 0. The Morgan fingerprint density at radius 1 is 1.77 bits per heavy atom. The van der Waals surface area contributed by atoms with Gasteiger partial charge in [0, 0.05) is 24.6 Å². The molecule has 0 spiro atoms. The molecule has 0 radical (unpaired) electrons. The third kappa shape index (κ3) is 2.88. The summed E-state index contributed by atoms with van der Waals surface area (Å²) < 4.78 is 1.74. The molecule has 0 aromatic carbocycles. The van der Waals surface area contributed by atoms with Crippen LogP contribution in [0.25, 0.3) is 0 Å². The summed E-state index contributed by atoms with van der Waals surface area (Å²) in [4.78, 5) is 12.3. The molecule has 0 saturated heterocycles. The number of hydrogen-bond donors (Lipinski definition) is 0. The molecule has 0 amide bonds. The monoisotopic (exact) mass is 198 g/mol. The van der Waals surface area contributed by atoms with E-state index in [1.54, 1.807) is 22.6 Å². The summed E-state index contributed by atoms with van der Waals surface area (Å²) in [5.74, 6) is 0.286. The molecule has 0 aliphatic heterocycles. The molecular formula is C9H14N2OS. The lowest BCUT2D eigenvalue weighted by Crippen LogP contribution is -2.10. The van der Waals surface area contributed by atoms with Gasteiger partial charge in [0.2, 0.25) is 0 Å². The zero-order valence-corrected chi connectivity index (χ0v) is 8.97. The number of ketones is 1. The number of nitrogens with zero attached hydrogens (tertiary/aromatic N) is 2. The van der Waals surface area contributed by atoms with E-state index in [0.717, 1.165) is 4.90 Å². The maximum absolute atomic E-state index is 11.3. The van der Waals surface area contributed by atoms with E-state index in [1.165, 1.54) is 0 Å². The molecule has 1 rings (SSSR count). The number of thioether (sulfide) groups is 1. The first kappa shape index (κ1) is 10.3. The molecule has 0 N–H and O–H groups in total. The van der Waals surface area contributed by atoms with E-state index in [1.807, 2.05) is 27.1 Å². The largest absolute Gasteiger partial charge is 0.298 e. The highest BCUT2D eigenvalue weighted by Crippen LogP contribution is 2.23. The molecular weight excluding hydrogens is 184 g/mol. The van der Waals surface area contributed by atoms with Crippen LogP contribution in [0.5, 0.6) is 0 Å². The summed E-state index contributed by atoms with van der Waals surface area (Å²) in [6.45, 7) is 3.83. The van der Waals surface area contributed by atoms with Crippen LogP contribution < -0.4 is 0 Å². The fourth-order valence-corrected chi connectivity index (χ4v) is 2.04. The topological polar surface area (TPSA) is 34.9 Å². The van der Waals surface area contributed by atoms with Crippen LogP contribution in [0.15, 0.2) is 17.3 Å². The standard InChI is InChI=1S/C9H14N2OS/c1-4-9(12)7(2)13-8-5-10-11(3)6-8/h5-7H,4H2,1-3H3. The molecule has 1 atom stereocenters. The van der Waals surface area contributed by atoms with Crippen molar-refractivity contribution in [1.29, 1.82) is 0 Å². The molecule has 1 heterocycles. The molecule has 0 aliphatic rings. The SMILES string of the molecule is CCC(=O)C(C)Sc1cnn(C)c1. The first-order valence-electron chi connectivity index (χ1n) is 4.31. The minimum atomic E-state index is 0.0363. The molecule has 1 aromatic rings. The van der Waals surface area contributed by atoms with Gasteiger partial charge in [-0.1, -0.05) is 6.92 Å². The Morgan fingerprint density at radius 2 is 2.46 bits per heavy atom. The fraction of sp³-hybridized carbons (Fsp3) is 0.556. The average molecular weight is 198 g/mol. The van der Waals surface area contributed by atoms with Crippen molar-refractivity contribution in [2.75, 3.05) is 0 Å². The summed E-state index contributed by atoms with van der Waals surface area (Å²) >= 11 is 1.56. The second-order valence-corrected chi connectivity index (χ2v) is 4.34. The highest BCUT2D eigenvalue weighted by atomic mass is 32.2. The number of Topliss-reactive ketones (excluding diaryl/α,β-unsaturated/α-hetero) is 1. The number of carbonyl (C=O) groups is 1. The van der Waals surface area contributed by atoms with Crippen LogP contribution in [0.4, 0.5) is 0 Å². The lowest BCUT2D eigenvalue weighted by molar-refractivity contribution is -0.117. The van der Waals surface area contributed by atoms with Crippen molar-refractivity contribution in [3.8, 4) is 0 Å². The Hall–Kier alpha value is -0.770. The molecule has 0 fully saturated rings. The van der Waals surface area contributed by atoms with E-state index < -0.39 is 0 Å². The molecule has 3 nitrogen and oxygen atoms in total. The van der Waals surface area contributed by atoms with Gasteiger partial charge in [0.25, 0.3) is 0 Å². The first-order valence-corrected chi connectivity index (χ1v) is 5.19. The van der Waals surface area contributed by atoms with Gasteiger partial charge >= 0.3 is 0 Å². The van der Waals surface area contributed by atoms with Gasteiger partial charge < -0.3 is 0 Å². The van der Waals surface area contributed by atoms with Crippen LogP contribution in [0, 0.1) is 0 Å². The third-order valence-corrected chi connectivity index (χ3v) is 2.90. The van der Waals surface area contributed by atoms with Crippen LogP contribution in [-0.4, -0.2) is 20.8 Å². The first-order chi connectivity index (χ1) is 6.13. The summed E-state index contributed by atoms with van der Waals surface area (Å²) in [6.07, 6.45) is 4.31. The van der Waals surface area contributed by atoms with Crippen LogP contribution in [0.3, 0.4) is 0 Å². The van der Waals surface area contributed by atoms with Crippen LogP contribution >= 0.6 is 11.8 Å². The predicted octanol–water partition coefficient (Wildman–Crippen LogP) is 1.88. The molecule has 0 bridgehead atoms. The van der Waals surface area contributed by atoms with Gasteiger partial charge in [-0.05, 0) is 6.92 Å². The summed E-state index contributed by atoms with van der Waals surface area (Å²) in [5.41, 5.74) is 0. The Labute approximate surface area is 82.5 Å². The number of hydrogen-bond acceptors (Lipinski definition) is 3. The Morgan fingerprint density at radius 3 is 2.92 bits per heavy atom. The second-order valence-electron chi connectivity index (χ2n) is 2.93. The van der Waals surface area contributed by atoms with Gasteiger partial charge in [-0.3, -0.25) is 9.48 Å². The minimum Gasteiger partial charge on any atom is -0.298 e. The lowest BCUT2D eigenvalue weighted by Gasteiger charge is -2.05. The van der Waals surface area contributed by atoms with Crippen molar-refractivity contribution < 1.29 is 4.79 Å². The molecule has 0 aliphatic carbocycles. The molecule has 72 valence electrons. The smallest absolute Gasteiger partial charge is 0.145 e. The highest BCUT2D eigenvalue weighted by molar-refractivity contribution is 8.00. The number of aromatic nitrogens is 2. The maximum atomic E-state index is 11.3. The second kappa shape index (κ2) is 4.46. The highest BCUT2D eigenvalue weighted by Gasteiger charge is 2.12. The van der Waals surface area contributed by atoms with Gasteiger partial charge in [0.1, 0.15) is 5.78 Å². The number of carbonyl (C=O) groups excluding carboxylic acids is 1. The zero-order valence-electron chi connectivity index (χ0n) is 8.15. The Bertz CT molecular complexity index is 296. The lowest BCUT2D eigenvalue weighted by atomic mass is 10.2. The molecule has 4 heteroatoms. The summed E-state index contributed by atoms with van der Waals surface area (Å²) in [7, 11) is 1.87. The van der Waals surface area contributed by atoms with Crippen molar-refractivity contribution in [2.45, 2.75) is 30.4 Å². The van der Waals surface area contributed by atoms with Gasteiger partial charge in [0.05, 0.1) is 11.4 Å². The molecule has 1 aromatic heterocycles. The van der Waals surface area contributed by atoms with E-state index in [2.05, 4.69) is 5.10 Å². The molecule has 13 heavy (non-hydrogen) atoms. The quantitative estimate of drug-likeness (QED) is 0.693. The van der Waals surface area contributed by atoms with Crippen molar-refractivity contribution in [3.63, 3.8) is 0 Å². The van der Waals surface area contributed by atoms with Gasteiger partial charge in [-0.25, -0.2) is 0 Å². The fourth-order valence-electron chi connectivity index (χ4n) is 1.02. The van der Waals surface area contributed by atoms with E-state index in [4.69, 9.17) is 0 Å². The van der Waals surface area contributed by atoms with Crippen LogP contribution in [0.1, 0.15) is 20.3 Å². The Kier molecular flexibility index (Phi) is 3.54. The molecule has 0 saturated carbocycles. The summed E-state index contributed by atoms with van der Waals surface area (Å²) in [5, 5.41) is 4.08. The van der Waals surface area contributed by atoms with Crippen LogP contribution in [-0.2, 0) is 11.8 Å². The van der Waals surface area contributed by atoms with Crippen molar-refractivity contribution in [3.05, 3.63) is 12.4 Å². The van der Waals surface area contributed by atoms with E-state index in [-0.39, 0.29) is 11.0 Å². The van der Waals surface area contributed by atoms with E-state index >= 15 is 0 Å². The predicted molar refractivity (Wildman–Crippen MR) is 53.8 cm³/mol.